The summed E-state index contributed by atoms with van der Waals surface area (Å²) in [5, 5.41) is 3.20. The van der Waals surface area contributed by atoms with E-state index in [0.717, 1.165) is 19.4 Å². The van der Waals surface area contributed by atoms with Crippen LogP contribution in [0.5, 0.6) is 0 Å². The highest BCUT2D eigenvalue weighted by molar-refractivity contribution is 5.75. The van der Waals surface area contributed by atoms with Gasteiger partial charge in [-0.15, -0.1) is 0 Å². The molecule has 1 saturated heterocycles. The Labute approximate surface area is 86.2 Å². The quantitative estimate of drug-likeness (QED) is 0.701. The van der Waals surface area contributed by atoms with Crippen molar-refractivity contribution in [3.63, 3.8) is 0 Å². The number of hydrogen-bond donors (Lipinski definition) is 1. The van der Waals surface area contributed by atoms with Gasteiger partial charge in [-0.2, -0.15) is 0 Å². The fourth-order valence-electron chi connectivity index (χ4n) is 1.64. The van der Waals surface area contributed by atoms with Crippen molar-refractivity contribution >= 4 is 5.97 Å². The molecule has 1 rings (SSSR count). The average molecular weight is 199 g/mol. The zero-order valence-electron chi connectivity index (χ0n) is 9.38. The van der Waals surface area contributed by atoms with Crippen molar-refractivity contribution < 1.29 is 9.53 Å². The smallest absolute Gasteiger partial charge is 0.323 e. The Morgan fingerprint density at radius 3 is 2.86 bits per heavy atom. The second-order valence-corrected chi connectivity index (χ2v) is 4.66. The van der Waals surface area contributed by atoms with Crippen LogP contribution in [0.4, 0.5) is 0 Å². The highest BCUT2D eigenvalue weighted by atomic mass is 16.5. The molecule has 0 aromatic rings. The lowest BCUT2D eigenvalue weighted by molar-refractivity contribution is -0.148. The zero-order chi connectivity index (χ0) is 10.6. The highest BCUT2D eigenvalue weighted by Gasteiger charge is 2.25. The molecule has 0 aromatic heterocycles. The first kappa shape index (κ1) is 11.5. The van der Waals surface area contributed by atoms with Gasteiger partial charge in [0.15, 0.2) is 0 Å². The van der Waals surface area contributed by atoms with Gasteiger partial charge < -0.3 is 10.1 Å². The predicted octanol–water partition coefficient (Wildman–Crippen LogP) is 1.57. The first-order chi connectivity index (χ1) is 6.59. The van der Waals surface area contributed by atoms with Crippen molar-refractivity contribution in [2.45, 2.75) is 39.7 Å². The Hall–Kier alpha value is -0.570. The van der Waals surface area contributed by atoms with Gasteiger partial charge in [0.2, 0.25) is 0 Å². The van der Waals surface area contributed by atoms with Gasteiger partial charge in [0.25, 0.3) is 0 Å². The van der Waals surface area contributed by atoms with E-state index in [1.54, 1.807) is 0 Å². The molecule has 0 saturated carbocycles. The minimum atomic E-state index is -0.0785. The molecule has 0 spiro atoms. The van der Waals surface area contributed by atoms with E-state index in [1.807, 2.05) is 13.8 Å². The molecule has 82 valence electrons. The van der Waals surface area contributed by atoms with Gasteiger partial charge in [-0.3, -0.25) is 4.79 Å². The molecular weight excluding hydrogens is 178 g/mol. The Balaban J connectivity index is 2.29. The predicted molar refractivity (Wildman–Crippen MR) is 56.0 cm³/mol. The first-order valence-electron chi connectivity index (χ1n) is 5.49. The molecule has 2 unspecified atom stereocenters. The van der Waals surface area contributed by atoms with Crippen molar-refractivity contribution in [2.75, 3.05) is 13.2 Å². The second-order valence-electron chi connectivity index (χ2n) is 4.66. The summed E-state index contributed by atoms with van der Waals surface area (Å²) >= 11 is 0. The molecular formula is C11H21NO2. The standard InChI is InChI=1S/C11H21NO2/c1-8(2)7-14-11(13)10-6-9(3)4-5-12-10/h8-10,12H,4-7H2,1-3H3. The minimum absolute atomic E-state index is 0.0718. The molecule has 0 radical (unpaired) electrons. The summed E-state index contributed by atoms with van der Waals surface area (Å²) in [5.41, 5.74) is 0. The van der Waals surface area contributed by atoms with Crippen molar-refractivity contribution in [1.82, 2.24) is 5.32 Å². The fraction of sp³-hybridized carbons (Fsp3) is 0.909. The van der Waals surface area contributed by atoms with Crippen LogP contribution in [0.2, 0.25) is 0 Å². The number of nitrogens with one attached hydrogen (secondary N) is 1. The average Bonchev–Trinajstić information content (AvgIpc) is 2.14. The van der Waals surface area contributed by atoms with Crippen LogP contribution in [0, 0.1) is 11.8 Å². The van der Waals surface area contributed by atoms with Gasteiger partial charge in [-0.25, -0.2) is 0 Å². The van der Waals surface area contributed by atoms with E-state index in [9.17, 15) is 4.79 Å². The lowest BCUT2D eigenvalue weighted by Crippen LogP contribution is -2.44. The minimum Gasteiger partial charge on any atom is -0.464 e. The van der Waals surface area contributed by atoms with Crippen LogP contribution in [0.1, 0.15) is 33.6 Å². The molecule has 14 heavy (non-hydrogen) atoms. The Kier molecular flexibility index (Phi) is 4.39. The number of esters is 1. The summed E-state index contributed by atoms with van der Waals surface area (Å²) in [6.07, 6.45) is 2.07. The van der Waals surface area contributed by atoms with Gasteiger partial charge >= 0.3 is 5.97 Å². The number of ether oxygens (including phenoxy) is 1. The Morgan fingerprint density at radius 1 is 1.57 bits per heavy atom. The van der Waals surface area contributed by atoms with Crippen LogP contribution < -0.4 is 5.32 Å². The maximum Gasteiger partial charge on any atom is 0.323 e. The molecule has 1 fully saturated rings. The molecule has 0 aromatic carbocycles. The summed E-state index contributed by atoms with van der Waals surface area (Å²) < 4.78 is 5.19. The van der Waals surface area contributed by atoms with Crippen molar-refractivity contribution in [3.8, 4) is 0 Å². The summed E-state index contributed by atoms with van der Waals surface area (Å²) in [5.74, 6) is 0.970. The van der Waals surface area contributed by atoms with Crippen molar-refractivity contribution in [1.29, 1.82) is 0 Å². The van der Waals surface area contributed by atoms with E-state index < -0.39 is 0 Å². The van der Waals surface area contributed by atoms with E-state index in [0.29, 0.717) is 18.4 Å². The normalized spacial score (nSPS) is 27.7. The maximum atomic E-state index is 11.6. The molecule has 1 aliphatic heterocycles. The summed E-state index contributed by atoms with van der Waals surface area (Å²) in [6.45, 7) is 7.74. The lowest BCUT2D eigenvalue weighted by atomic mass is 9.94. The Bertz CT molecular complexity index is 192. The molecule has 0 amide bonds. The van der Waals surface area contributed by atoms with E-state index in [2.05, 4.69) is 12.2 Å². The second kappa shape index (κ2) is 5.35. The van der Waals surface area contributed by atoms with E-state index >= 15 is 0 Å². The van der Waals surface area contributed by atoms with Crippen LogP contribution in [0.3, 0.4) is 0 Å². The summed E-state index contributed by atoms with van der Waals surface area (Å²) in [6, 6.07) is -0.0718. The number of rotatable bonds is 3. The summed E-state index contributed by atoms with van der Waals surface area (Å²) in [7, 11) is 0. The van der Waals surface area contributed by atoms with Crippen molar-refractivity contribution in [2.24, 2.45) is 11.8 Å². The molecule has 3 heteroatoms. The number of carbonyl (C=O) groups excluding carboxylic acids is 1. The number of carbonyl (C=O) groups is 1. The van der Waals surface area contributed by atoms with Crippen LogP contribution in [-0.2, 0) is 9.53 Å². The van der Waals surface area contributed by atoms with Gasteiger partial charge in [0.1, 0.15) is 6.04 Å². The van der Waals surface area contributed by atoms with E-state index in [-0.39, 0.29) is 12.0 Å². The van der Waals surface area contributed by atoms with Crippen LogP contribution in [-0.4, -0.2) is 25.2 Å². The maximum absolute atomic E-state index is 11.6. The van der Waals surface area contributed by atoms with E-state index in [1.165, 1.54) is 0 Å². The fourth-order valence-corrected chi connectivity index (χ4v) is 1.64. The molecule has 3 nitrogen and oxygen atoms in total. The Morgan fingerprint density at radius 2 is 2.29 bits per heavy atom. The molecule has 2 atom stereocenters. The molecule has 1 heterocycles. The summed E-state index contributed by atoms with van der Waals surface area (Å²) in [4.78, 5) is 11.6. The van der Waals surface area contributed by atoms with Crippen LogP contribution in [0.15, 0.2) is 0 Å². The first-order valence-corrected chi connectivity index (χ1v) is 5.49. The van der Waals surface area contributed by atoms with Crippen molar-refractivity contribution in [3.05, 3.63) is 0 Å². The third-order valence-electron chi connectivity index (χ3n) is 2.51. The van der Waals surface area contributed by atoms with Gasteiger partial charge in [-0.1, -0.05) is 20.8 Å². The third kappa shape index (κ3) is 3.66. The van der Waals surface area contributed by atoms with Gasteiger partial charge in [0, 0.05) is 0 Å². The molecule has 0 aliphatic carbocycles. The largest absolute Gasteiger partial charge is 0.464 e. The number of piperidine rings is 1. The molecule has 1 aliphatic rings. The van der Waals surface area contributed by atoms with Crippen LogP contribution >= 0.6 is 0 Å². The van der Waals surface area contributed by atoms with Gasteiger partial charge in [-0.05, 0) is 31.2 Å². The monoisotopic (exact) mass is 199 g/mol. The molecule has 1 N–H and O–H groups in total. The highest BCUT2D eigenvalue weighted by Crippen LogP contribution is 2.15. The van der Waals surface area contributed by atoms with E-state index in [4.69, 9.17) is 4.74 Å². The number of hydrogen-bond acceptors (Lipinski definition) is 3. The SMILES string of the molecule is CC(C)COC(=O)C1CC(C)CCN1. The van der Waals surface area contributed by atoms with Gasteiger partial charge in [0.05, 0.1) is 6.61 Å². The topological polar surface area (TPSA) is 38.3 Å². The lowest BCUT2D eigenvalue weighted by Gasteiger charge is -2.26. The molecule has 0 bridgehead atoms. The third-order valence-corrected chi connectivity index (χ3v) is 2.51. The van der Waals surface area contributed by atoms with Crippen LogP contribution in [0.25, 0.3) is 0 Å². The zero-order valence-corrected chi connectivity index (χ0v) is 9.38.